The van der Waals surface area contributed by atoms with Gasteiger partial charge in [-0.2, -0.15) is 0 Å². The van der Waals surface area contributed by atoms with Crippen LogP contribution >= 0.6 is 0 Å². The van der Waals surface area contributed by atoms with Crippen molar-refractivity contribution in [3.05, 3.63) is 29.6 Å². The molecule has 4 heteroatoms. The van der Waals surface area contributed by atoms with Gasteiger partial charge in [0.25, 0.3) is 0 Å². The number of aliphatic hydroxyl groups is 1. The zero-order valence-corrected chi connectivity index (χ0v) is 11.6. The second-order valence-electron chi connectivity index (χ2n) is 5.25. The SMILES string of the molecule is C[C@H](O)c1cc(F)ccc1N(C)CC1CCCCO1. The summed E-state index contributed by atoms with van der Waals surface area (Å²) >= 11 is 0. The number of nitrogens with zero attached hydrogens (tertiary/aromatic N) is 1. The summed E-state index contributed by atoms with van der Waals surface area (Å²) < 4.78 is 19.0. The van der Waals surface area contributed by atoms with Crippen LogP contribution in [0.15, 0.2) is 18.2 Å². The largest absolute Gasteiger partial charge is 0.389 e. The fourth-order valence-corrected chi connectivity index (χ4v) is 2.56. The normalized spacial score (nSPS) is 21.2. The molecule has 0 amide bonds. The van der Waals surface area contributed by atoms with Gasteiger partial charge in [0.05, 0.1) is 12.2 Å². The van der Waals surface area contributed by atoms with E-state index in [1.807, 2.05) is 11.9 Å². The fourth-order valence-electron chi connectivity index (χ4n) is 2.56. The Morgan fingerprint density at radius 3 is 2.89 bits per heavy atom. The van der Waals surface area contributed by atoms with Gasteiger partial charge in [-0.3, -0.25) is 0 Å². The molecule has 0 saturated carbocycles. The fraction of sp³-hybridized carbons (Fsp3) is 0.600. The lowest BCUT2D eigenvalue weighted by Crippen LogP contribution is -2.33. The minimum Gasteiger partial charge on any atom is -0.389 e. The number of hydrogen-bond acceptors (Lipinski definition) is 3. The van der Waals surface area contributed by atoms with Crippen molar-refractivity contribution in [3.63, 3.8) is 0 Å². The first kappa shape index (κ1) is 14.3. The summed E-state index contributed by atoms with van der Waals surface area (Å²) in [5.74, 6) is -0.318. The van der Waals surface area contributed by atoms with Gasteiger partial charge in [-0.15, -0.1) is 0 Å². The lowest BCUT2D eigenvalue weighted by Gasteiger charge is -2.30. The average molecular weight is 267 g/mol. The van der Waals surface area contributed by atoms with Crippen LogP contribution in [0.4, 0.5) is 10.1 Å². The Morgan fingerprint density at radius 1 is 1.47 bits per heavy atom. The van der Waals surface area contributed by atoms with Crippen molar-refractivity contribution in [2.75, 3.05) is 25.1 Å². The quantitative estimate of drug-likeness (QED) is 0.910. The summed E-state index contributed by atoms with van der Waals surface area (Å²) in [6, 6.07) is 4.55. The van der Waals surface area contributed by atoms with Crippen LogP contribution in [0, 0.1) is 5.82 Å². The molecule has 0 bridgehead atoms. The van der Waals surface area contributed by atoms with E-state index in [-0.39, 0.29) is 11.9 Å². The van der Waals surface area contributed by atoms with Gasteiger partial charge in [0.15, 0.2) is 0 Å². The maximum Gasteiger partial charge on any atom is 0.123 e. The summed E-state index contributed by atoms with van der Waals surface area (Å²) in [5.41, 5.74) is 1.49. The van der Waals surface area contributed by atoms with E-state index in [1.165, 1.54) is 18.6 Å². The number of rotatable bonds is 4. The Kier molecular flexibility index (Phi) is 4.77. The molecule has 106 valence electrons. The summed E-state index contributed by atoms with van der Waals surface area (Å²) in [5, 5.41) is 9.76. The number of likely N-dealkylation sites (N-methyl/N-ethyl adjacent to an activating group) is 1. The van der Waals surface area contributed by atoms with E-state index in [0.717, 1.165) is 31.7 Å². The molecule has 0 aromatic heterocycles. The van der Waals surface area contributed by atoms with Crippen molar-refractivity contribution >= 4 is 5.69 Å². The number of benzene rings is 1. The molecule has 2 atom stereocenters. The van der Waals surface area contributed by atoms with E-state index < -0.39 is 6.10 Å². The standard InChI is InChI=1S/C15H22FNO2/c1-11(18)14-9-12(16)6-7-15(14)17(2)10-13-5-3-4-8-19-13/h6-7,9,11,13,18H,3-5,8,10H2,1-2H3/t11-,13?/m0/s1. The monoisotopic (exact) mass is 267 g/mol. The van der Waals surface area contributed by atoms with Crippen LogP contribution in [0.1, 0.15) is 37.9 Å². The number of hydrogen-bond donors (Lipinski definition) is 1. The summed E-state index contributed by atoms with van der Waals surface area (Å²) in [6.07, 6.45) is 2.95. The van der Waals surface area contributed by atoms with Gasteiger partial charge < -0.3 is 14.7 Å². The van der Waals surface area contributed by atoms with Gasteiger partial charge in [-0.05, 0) is 44.4 Å². The first-order valence-electron chi connectivity index (χ1n) is 6.88. The third kappa shape index (κ3) is 3.67. The minimum absolute atomic E-state index is 0.227. The van der Waals surface area contributed by atoms with Gasteiger partial charge in [-0.1, -0.05) is 0 Å². The molecule has 1 fully saturated rings. The van der Waals surface area contributed by atoms with E-state index in [0.29, 0.717) is 5.56 Å². The number of ether oxygens (including phenoxy) is 1. The minimum atomic E-state index is -0.680. The first-order valence-corrected chi connectivity index (χ1v) is 6.88. The van der Waals surface area contributed by atoms with Gasteiger partial charge in [0.2, 0.25) is 0 Å². The molecule has 0 aliphatic carbocycles. The number of anilines is 1. The first-order chi connectivity index (χ1) is 9.08. The third-order valence-electron chi connectivity index (χ3n) is 3.60. The van der Waals surface area contributed by atoms with Crippen molar-refractivity contribution in [2.24, 2.45) is 0 Å². The second kappa shape index (κ2) is 6.35. The maximum atomic E-state index is 13.3. The summed E-state index contributed by atoms with van der Waals surface area (Å²) in [7, 11) is 1.96. The molecule has 1 aromatic rings. The number of aliphatic hydroxyl groups excluding tert-OH is 1. The lowest BCUT2D eigenvalue weighted by atomic mass is 10.1. The Hall–Kier alpha value is -1.13. The average Bonchev–Trinajstić information content (AvgIpc) is 2.39. The Labute approximate surface area is 114 Å². The van der Waals surface area contributed by atoms with Crippen LogP contribution in [-0.4, -0.2) is 31.4 Å². The van der Waals surface area contributed by atoms with Crippen molar-refractivity contribution in [1.29, 1.82) is 0 Å². The van der Waals surface area contributed by atoms with Gasteiger partial charge in [-0.25, -0.2) is 4.39 Å². The van der Waals surface area contributed by atoms with Crippen LogP contribution in [0.25, 0.3) is 0 Å². The molecule has 19 heavy (non-hydrogen) atoms. The van der Waals surface area contributed by atoms with E-state index >= 15 is 0 Å². The molecular weight excluding hydrogens is 245 g/mol. The van der Waals surface area contributed by atoms with Crippen LogP contribution in [-0.2, 0) is 4.74 Å². The highest BCUT2D eigenvalue weighted by Crippen LogP contribution is 2.27. The maximum absolute atomic E-state index is 13.3. The van der Waals surface area contributed by atoms with E-state index in [4.69, 9.17) is 4.74 Å². The van der Waals surface area contributed by atoms with Crippen LogP contribution in [0.3, 0.4) is 0 Å². The molecule has 2 rings (SSSR count). The van der Waals surface area contributed by atoms with E-state index in [2.05, 4.69) is 0 Å². The van der Waals surface area contributed by atoms with Crippen LogP contribution in [0.5, 0.6) is 0 Å². The predicted molar refractivity (Wildman–Crippen MR) is 73.9 cm³/mol. The molecule has 1 N–H and O–H groups in total. The smallest absolute Gasteiger partial charge is 0.123 e. The second-order valence-corrected chi connectivity index (χ2v) is 5.25. The summed E-state index contributed by atoms with van der Waals surface area (Å²) in [6.45, 7) is 3.25. The Balaban J connectivity index is 2.11. The van der Waals surface area contributed by atoms with E-state index in [1.54, 1.807) is 13.0 Å². The van der Waals surface area contributed by atoms with Crippen molar-refractivity contribution < 1.29 is 14.2 Å². The molecule has 1 heterocycles. The zero-order valence-electron chi connectivity index (χ0n) is 11.6. The van der Waals surface area contributed by atoms with Gasteiger partial charge in [0, 0.05) is 31.5 Å². The molecule has 1 unspecified atom stereocenters. The molecule has 1 aliphatic heterocycles. The van der Waals surface area contributed by atoms with Crippen molar-refractivity contribution in [2.45, 2.75) is 38.4 Å². The summed E-state index contributed by atoms with van der Waals surface area (Å²) in [4.78, 5) is 2.04. The van der Waals surface area contributed by atoms with Crippen molar-refractivity contribution in [1.82, 2.24) is 0 Å². The van der Waals surface area contributed by atoms with Gasteiger partial charge >= 0.3 is 0 Å². The Morgan fingerprint density at radius 2 is 2.26 bits per heavy atom. The molecule has 0 spiro atoms. The number of halogens is 1. The van der Waals surface area contributed by atoms with Crippen molar-refractivity contribution in [3.8, 4) is 0 Å². The third-order valence-corrected chi connectivity index (χ3v) is 3.60. The lowest BCUT2D eigenvalue weighted by molar-refractivity contribution is 0.0215. The molecular formula is C15H22FNO2. The molecule has 3 nitrogen and oxygen atoms in total. The van der Waals surface area contributed by atoms with Crippen LogP contribution in [0.2, 0.25) is 0 Å². The molecule has 1 saturated heterocycles. The highest BCUT2D eigenvalue weighted by atomic mass is 19.1. The molecule has 1 aliphatic rings. The molecule has 0 radical (unpaired) electrons. The molecule has 1 aromatic carbocycles. The predicted octanol–water partition coefficient (Wildman–Crippen LogP) is 2.88. The zero-order chi connectivity index (χ0) is 13.8. The topological polar surface area (TPSA) is 32.7 Å². The highest BCUT2D eigenvalue weighted by Gasteiger charge is 2.19. The van der Waals surface area contributed by atoms with Gasteiger partial charge in [0.1, 0.15) is 5.82 Å². The Bertz CT molecular complexity index is 417. The van der Waals surface area contributed by atoms with E-state index in [9.17, 15) is 9.50 Å². The van der Waals surface area contributed by atoms with Crippen LogP contribution < -0.4 is 4.90 Å². The highest BCUT2D eigenvalue weighted by molar-refractivity contribution is 5.54.